The fraction of sp³-hybridized carbons (Fsp3) is 0.484. The Labute approximate surface area is 486 Å². The smallest absolute Gasteiger partial charge is 0.319 e. The Morgan fingerprint density at radius 3 is 2.34 bits per heavy atom. The number of likely N-dealkylation sites (tertiary alicyclic amines) is 2. The Kier molecular flexibility index (Phi) is 17.6. The predicted molar refractivity (Wildman–Crippen MR) is 314 cm³/mol. The molecule has 0 aliphatic carbocycles. The van der Waals surface area contributed by atoms with Crippen LogP contribution in [0.1, 0.15) is 115 Å². The summed E-state index contributed by atoms with van der Waals surface area (Å²) in [4.78, 5) is 79.6. The summed E-state index contributed by atoms with van der Waals surface area (Å²) in [7, 11) is 1.95. The van der Waals surface area contributed by atoms with Gasteiger partial charge in [-0.25, -0.2) is 13.8 Å². The number of thiazole rings is 1. The minimum atomic E-state index is -0.938. The van der Waals surface area contributed by atoms with Crippen LogP contribution in [0.4, 0.5) is 14.6 Å². The highest BCUT2D eigenvalue weighted by Gasteiger charge is 2.45. The number of carbonyl (C=O) groups excluding carboxylic acids is 4. The Hall–Kier alpha value is -7.38. The standard InChI is InChI=1S/C62H73F2N11O7S/c1-8-45-48(63)22-19-38-23-43(76)25-46(52(38)45)54-53(64)55-47(27-65-54)58(74-29-39-20-21-40(30-74)68-39)72-61(71-55)82-32-42-24-41(28-73(42)7)69-50(78)13-11-9-10-12-14-51(79)70-57(62(4,5)6)60(81)75-31-44(77)26-49(75)59(80)67-34(2)36-15-17-37(18-16-36)56-35(3)66-33-83-56/h1,15-19,22-23,25,27,33-34,39-42,44,49,57,68,76-77H,9-14,20-21,24,26,28-32H2,2-7H3,(H,67,80)(H,69,78)(H,70,79)/t34-,39?,40?,41+,42?,44+,49-,57?/m0/s1. The molecule has 83 heavy (non-hydrogen) atoms. The number of aryl methyl sites for hydroxylation is 1. The molecule has 0 spiro atoms. The van der Waals surface area contributed by atoms with E-state index in [2.05, 4.69) is 51.9 Å². The number of hydrogen-bond acceptors (Lipinski definition) is 15. The fourth-order valence-corrected chi connectivity index (χ4v) is 13.1. The summed E-state index contributed by atoms with van der Waals surface area (Å²) in [5, 5.41) is 35.2. The van der Waals surface area contributed by atoms with Crippen LogP contribution in [-0.4, -0.2) is 146 Å². The van der Waals surface area contributed by atoms with Gasteiger partial charge in [-0.05, 0) is 93.1 Å². The lowest BCUT2D eigenvalue weighted by Gasteiger charge is -2.35. The van der Waals surface area contributed by atoms with E-state index in [1.54, 1.807) is 11.3 Å². The number of nitrogens with zero attached hydrogens (tertiary/aromatic N) is 7. The first-order valence-corrected chi connectivity index (χ1v) is 29.6. The maximum atomic E-state index is 17.1. The predicted octanol–water partition coefficient (Wildman–Crippen LogP) is 7.46. The van der Waals surface area contributed by atoms with Gasteiger partial charge in [0.2, 0.25) is 23.6 Å². The first kappa shape index (κ1) is 58.8. The van der Waals surface area contributed by atoms with Gasteiger partial charge in [0.05, 0.1) is 39.2 Å². The number of anilines is 1. The molecular formula is C62H73F2N11O7S. The number of phenols is 1. The van der Waals surface area contributed by atoms with E-state index < -0.39 is 41.1 Å². The third-order valence-electron chi connectivity index (χ3n) is 16.7. The van der Waals surface area contributed by atoms with Crippen molar-refractivity contribution >= 4 is 62.5 Å². The summed E-state index contributed by atoms with van der Waals surface area (Å²) >= 11 is 1.57. The van der Waals surface area contributed by atoms with Crippen LogP contribution in [0.15, 0.2) is 60.2 Å². The van der Waals surface area contributed by atoms with Crippen molar-refractivity contribution in [3.8, 4) is 45.8 Å². The number of fused-ring (bicyclic) bond motifs is 4. The number of halogens is 2. The number of aliphatic hydroxyl groups is 1. The minimum absolute atomic E-state index is 0.0225. The number of phenolic OH excluding ortho intramolecular Hbond substituents is 1. The number of ether oxygens (including phenoxy) is 1. The van der Waals surface area contributed by atoms with Gasteiger partial charge in [0.15, 0.2) is 5.82 Å². The van der Waals surface area contributed by atoms with Crippen molar-refractivity contribution in [2.24, 2.45) is 5.41 Å². The largest absolute Gasteiger partial charge is 0.508 e. The lowest BCUT2D eigenvalue weighted by atomic mass is 9.85. The molecule has 7 heterocycles. The molecule has 438 valence electrons. The van der Waals surface area contributed by atoms with Crippen molar-refractivity contribution in [1.82, 2.24) is 51.0 Å². The van der Waals surface area contributed by atoms with Crippen LogP contribution in [0.3, 0.4) is 0 Å². The molecule has 4 aliphatic rings. The summed E-state index contributed by atoms with van der Waals surface area (Å²) in [5.74, 6) is 0.0600. The van der Waals surface area contributed by atoms with Crippen molar-refractivity contribution in [3.63, 3.8) is 0 Å². The molecule has 4 unspecified atom stereocenters. The van der Waals surface area contributed by atoms with Gasteiger partial charge >= 0.3 is 6.01 Å². The number of pyridine rings is 1. The van der Waals surface area contributed by atoms with Gasteiger partial charge in [-0.3, -0.25) is 29.1 Å². The molecule has 10 rings (SSSR count). The molecule has 0 radical (unpaired) electrons. The highest BCUT2D eigenvalue weighted by atomic mass is 32.1. The number of carbonyl (C=O) groups is 4. The number of rotatable bonds is 19. The first-order chi connectivity index (χ1) is 39.7. The Morgan fingerprint density at radius 2 is 1.65 bits per heavy atom. The van der Waals surface area contributed by atoms with Gasteiger partial charge in [-0.15, -0.1) is 17.8 Å². The second kappa shape index (κ2) is 24.8. The molecule has 3 aromatic carbocycles. The molecule has 3 aromatic heterocycles. The topological polar surface area (TPSA) is 227 Å². The number of aliphatic hydroxyl groups excluding tert-OH is 1. The Morgan fingerprint density at radius 1 is 0.928 bits per heavy atom. The Balaban J connectivity index is 0.697. The number of nitrogens with one attached hydrogen (secondary N) is 4. The highest BCUT2D eigenvalue weighted by Crippen LogP contribution is 2.40. The van der Waals surface area contributed by atoms with Crippen LogP contribution in [-0.2, 0) is 19.2 Å². The maximum absolute atomic E-state index is 17.1. The summed E-state index contributed by atoms with van der Waals surface area (Å²) < 4.78 is 38.5. The van der Waals surface area contributed by atoms with Crippen molar-refractivity contribution < 1.29 is 42.9 Å². The van der Waals surface area contributed by atoms with Gasteiger partial charge in [-0.2, -0.15) is 9.97 Å². The van der Waals surface area contributed by atoms with E-state index in [-0.39, 0.29) is 113 Å². The van der Waals surface area contributed by atoms with Gasteiger partial charge in [0.1, 0.15) is 47.3 Å². The average molecular weight is 1150 g/mol. The van der Waals surface area contributed by atoms with E-state index in [1.807, 2.05) is 71.4 Å². The molecule has 18 nitrogen and oxygen atoms in total. The van der Waals surface area contributed by atoms with Crippen LogP contribution < -0.4 is 30.9 Å². The lowest BCUT2D eigenvalue weighted by Crippen LogP contribution is -2.57. The van der Waals surface area contributed by atoms with Crippen LogP contribution in [0.5, 0.6) is 11.8 Å². The molecule has 6 aromatic rings. The minimum Gasteiger partial charge on any atom is -0.508 e. The van der Waals surface area contributed by atoms with Gasteiger partial charge in [0, 0.05) is 86.8 Å². The van der Waals surface area contributed by atoms with Crippen LogP contribution >= 0.6 is 11.3 Å². The van der Waals surface area contributed by atoms with E-state index in [9.17, 15) is 29.4 Å². The quantitative estimate of drug-likeness (QED) is 0.0342. The zero-order valence-corrected chi connectivity index (χ0v) is 48.6. The number of hydrogen-bond donors (Lipinski definition) is 6. The first-order valence-electron chi connectivity index (χ1n) is 28.7. The molecule has 6 N–H and O–H groups in total. The van der Waals surface area contributed by atoms with E-state index in [0.717, 1.165) is 41.0 Å². The zero-order valence-electron chi connectivity index (χ0n) is 47.8. The monoisotopic (exact) mass is 1150 g/mol. The second-order valence-corrected chi connectivity index (χ2v) is 24.8. The Bertz CT molecular complexity index is 3450. The van der Waals surface area contributed by atoms with Crippen molar-refractivity contribution in [2.75, 3.05) is 44.7 Å². The number of aromatic hydroxyl groups is 1. The number of aromatic nitrogens is 4. The molecule has 4 amide bonds. The SMILES string of the molecule is C#Cc1c(F)ccc2cc(O)cc(-c3ncc4c(N5CC6CCC(C5)N6)nc(OCC5C[C@@H](NC(=O)CCCCCCC(=O)NC(C(=O)N6C[C@H](O)C[C@H]6C(=O)N[C@@H](C)c6ccc(-c7scnc7C)cc6)C(C)(C)C)CN5C)nc4c3F)c12. The molecule has 4 fully saturated rings. The summed E-state index contributed by atoms with van der Waals surface area (Å²) in [6.07, 6.45) is 12.1. The third-order valence-corrected chi connectivity index (χ3v) is 17.7. The number of terminal acetylenes is 1. The van der Waals surface area contributed by atoms with Crippen molar-refractivity contribution in [2.45, 2.75) is 147 Å². The lowest BCUT2D eigenvalue weighted by molar-refractivity contribution is -0.144. The van der Waals surface area contributed by atoms with E-state index in [4.69, 9.17) is 16.1 Å². The van der Waals surface area contributed by atoms with Gasteiger partial charge in [-0.1, -0.05) is 69.9 Å². The van der Waals surface area contributed by atoms with E-state index in [1.165, 1.54) is 35.4 Å². The van der Waals surface area contributed by atoms with Gasteiger partial charge in [0.25, 0.3) is 0 Å². The van der Waals surface area contributed by atoms with Crippen LogP contribution in [0.25, 0.3) is 43.4 Å². The molecule has 21 heteroatoms. The molecule has 8 atom stereocenters. The molecular weight excluding hydrogens is 1080 g/mol. The maximum Gasteiger partial charge on any atom is 0.319 e. The molecule has 0 saturated carbocycles. The number of benzene rings is 3. The number of unbranched alkanes of at least 4 members (excludes halogenated alkanes) is 3. The molecule has 4 aliphatic heterocycles. The van der Waals surface area contributed by atoms with E-state index in [0.29, 0.717) is 68.3 Å². The van der Waals surface area contributed by atoms with E-state index >= 15 is 8.78 Å². The summed E-state index contributed by atoms with van der Waals surface area (Å²) in [6.45, 7) is 11.4. The highest BCUT2D eigenvalue weighted by molar-refractivity contribution is 7.13. The van der Waals surface area contributed by atoms with Crippen molar-refractivity contribution in [1.29, 1.82) is 0 Å². The average Bonchev–Trinajstić information content (AvgIpc) is 4.44. The fourth-order valence-electron chi connectivity index (χ4n) is 12.3. The second-order valence-electron chi connectivity index (χ2n) is 23.9. The molecule has 2 bridgehead atoms. The number of β-amino-alcohol motifs (C(OH)–C–C–N with tert-alkyl or cyclic N) is 1. The number of amides is 4. The summed E-state index contributed by atoms with van der Waals surface area (Å²) in [6, 6.07) is 11.3. The zero-order chi connectivity index (χ0) is 58.9. The number of piperazine rings is 1. The number of likely N-dealkylation sites (N-methyl/N-ethyl adjacent to an activating group) is 1. The third kappa shape index (κ3) is 13.1. The normalized spacial score (nSPS) is 21.5. The van der Waals surface area contributed by atoms with Crippen molar-refractivity contribution in [3.05, 3.63) is 88.7 Å². The molecule has 4 saturated heterocycles. The summed E-state index contributed by atoms with van der Waals surface area (Å²) in [5.41, 5.74) is 3.82. The van der Waals surface area contributed by atoms with Gasteiger partial charge < -0.3 is 46.0 Å². The van der Waals surface area contributed by atoms with Crippen LogP contribution in [0.2, 0.25) is 0 Å². The van der Waals surface area contributed by atoms with Crippen LogP contribution in [0, 0.1) is 36.3 Å².